The van der Waals surface area contributed by atoms with Gasteiger partial charge in [0.1, 0.15) is 5.82 Å². The van der Waals surface area contributed by atoms with Gasteiger partial charge in [-0.05, 0) is 24.1 Å². The zero-order chi connectivity index (χ0) is 13.5. The zero-order valence-electron chi connectivity index (χ0n) is 10.5. The highest BCUT2D eigenvalue weighted by molar-refractivity contribution is 9.10. The summed E-state index contributed by atoms with van der Waals surface area (Å²) in [4.78, 5) is 11.7. The summed E-state index contributed by atoms with van der Waals surface area (Å²) in [7, 11) is 0. The van der Waals surface area contributed by atoms with Crippen LogP contribution in [0.5, 0.6) is 0 Å². The largest absolute Gasteiger partial charge is 0.379 e. The molecule has 0 aromatic heterocycles. The Morgan fingerprint density at radius 2 is 2.22 bits per heavy atom. The summed E-state index contributed by atoms with van der Waals surface area (Å²) >= 11 is 3.14. The van der Waals surface area contributed by atoms with Crippen molar-refractivity contribution in [3.05, 3.63) is 34.1 Å². The molecular formula is C13H17BrFNO2. The number of halogens is 2. The molecule has 0 atom stereocenters. The van der Waals surface area contributed by atoms with E-state index in [2.05, 4.69) is 35.1 Å². The molecule has 1 rings (SSSR count). The van der Waals surface area contributed by atoms with Gasteiger partial charge in [0.15, 0.2) is 0 Å². The van der Waals surface area contributed by atoms with Crippen LogP contribution in [0.4, 0.5) is 4.39 Å². The van der Waals surface area contributed by atoms with Gasteiger partial charge >= 0.3 is 0 Å². The van der Waals surface area contributed by atoms with Crippen LogP contribution in [0.1, 0.15) is 24.2 Å². The number of hydrogen-bond acceptors (Lipinski definition) is 2. The normalized spacial score (nSPS) is 10.7. The molecule has 0 unspecified atom stereocenters. The fourth-order valence-electron chi connectivity index (χ4n) is 1.32. The molecule has 0 radical (unpaired) electrons. The molecule has 0 saturated carbocycles. The smallest absolute Gasteiger partial charge is 0.254 e. The molecule has 1 aromatic carbocycles. The molecule has 1 amide bonds. The monoisotopic (exact) mass is 317 g/mol. The van der Waals surface area contributed by atoms with Gasteiger partial charge in [0, 0.05) is 17.6 Å². The average Bonchev–Trinajstić information content (AvgIpc) is 2.27. The Morgan fingerprint density at radius 3 is 2.83 bits per heavy atom. The summed E-state index contributed by atoms with van der Waals surface area (Å²) in [5, 5.41) is 2.61. The number of rotatable bonds is 6. The molecule has 1 aromatic rings. The van der Waals surface area contributed by atoms with Gasteiger partial charge in [0.25, 0.3) is 5.91 Å². The van der Waals surface area contributed by atoms with Crippen LogP contribution in [0, 0.1) is 11.7 Å². The van der Waals surface area contributed by atoms with E-state index in [0.29, 0.717) is 30.1 Å². The summed E-state index contributed by atoms with van der Waals surface area (Å²) in [5.74, 6) is -0.497. The van der Waals surface area contributed by atoms with E-state index in [0.717, 1.165) is 0 Å². The topological polar surface area (TPSA) is 38.3 Å². The SMILES string of the molecule is CC(C)COCCNC(=O)c1ccc(Br)cc1F. The van der Waals surface area contributed by atoms with Crippen molar-refractivity contribution in [3.63, 3.8) is 0 Å². The summed E-state index contributed by atoms with van der Waals surface area (Å²) in [6.45, 7) is 5.57. The van der Waals surface area contributed by atoms with E-state index in [9.17, 15) is 9.18 Å². The van der Waals surface area contributed by atoms with Crippen molar-refractivity contribution in [1.82, 2.24) is 5.32 Å². The van der Waals surface area contributed by atoms with E-state index < -0.39 is 11.7 Å². The highest BCUT2D eigenvalue weighted by Crippen LogP contribution is 2.14. The van der Waals surface area contributed by atoms with Crippen molar-refractivity contribution in [2.24, 2.45) is 5.92 Å². The summed E-state index contributed by atoms with van der Waals surface area (Å²) in [6, 6.07) is 4.35. The Bertz CT molecular complexity index is 410. The van der Waals surface area contributed by atoms with E-state index in [1.54, 1.807) is 6.07 Å². The van der Waals surface area contributed by atoms with Gasteiger partial charge in [-0.3, -0.25) is 4.79 Å². The molecule has 5 heteroatoms. The predicted molar refractivity (Wildman–Crippen MR) is 72.1 cm³/mol. The van der Waals surface area contributed by atoms with Crippen molar-refractivity contribution < 1.29 is 13.9 Å². The van der Waals surface area contributed by atoms with Gasteiger partial charge in [-0.25, -0.2) is 4.39 Å². The second-order valence-electron chi connectivity index (χ2n) is 4.35. The first-order valence-corrected chi connectivity index (χ1v) is 6.61. The Kier molecular flexibility index (Phi) is 6.29. The molecule has 0 fully saturated rings. The maximum absolute atomic E-state index is 13.5. The molecule has 0 bridgehead atoms. The first-order valence-electron chi connectivity index (χ1n) is 5.81. The van der Waals surface area contributed by atoms with Crippen molar-refractivity contribution >= 4 is 21.8 Å². The lowest BCUT2D eigenvalue weighted by Crippen LogP contribution is -2.28. The number of carbonyl (C=O) groups excluding carboxylic acids is 1. The fraction of sp³-hybridized carbons (Fsp3) is 0.462. The number of benzene rings is 1. The van der Waals surface area contributed by atoms with Crippen LogP contribution in [-0.2, 0) is 4.74 Å². The van der Waals surface area contributed by atoms with Gasteiger partial charge in [-0.1, -0.05) is 29.8 Å². The highest BCUT2D eigenvalue weighted by atomic mass is 79.9. The van der Waals surface area contributed by atoms with Crippen LogP contribution in [0.15, 0.2) is 22.7 Å². The second-order valence-corrected chi connectivity index (χ2v) is 5.26. The Morgan fingerprint density at radius 1 is 1.50 bits per heavy atom. The minimum Gasteiger partial charge on any atom is -0.379 e. The lowest BCUT2D eigenvalue weighted by atomic mass is 10.2. The minimum absolute atomic E-state index is 0.0436. The Labute approximate surface area is 115 Å². The molecular weight excluding hydrogens is 301 g/mol. The predicted octanol–water partition coefficient (Wildman–Crippen LogP) is 2.99. The van der Waals surface area contributed by atoms with Crippen molar-refractivity contribution in [2.75, 3.05) is 19.8 Å². The standard InChI is InChI=1S/C13H17BrFNO2/c1-9(2)8-18-6-5-16-13(17)11-4-3-10(14)7-12(11)15/h3-4,7,9H,5-6,8H2,1-2H3,(H,16,17). The maximum Gasteiger partial charge on any atom is 0.254 e. The van der Waals surface area contributed by atoms with Crippen LogP contribution >= 0.6 is 15.9 Å². The molecule has 100 valence electrons. The van der Waals surface area contributed by atoms with E-state index in [1.165, 1.54) is 12.1 Å². The van der Waals surface area contributed by atoms with Crippen LogP contribution in [0.25, 0.3) is 0 Å². The number of carbonyl (C=O) groups is 1. The second kappa shape index (κ2) is 7.48. The minimum atomic E-state index is -0.537. The third kappa shape index (κ3) is 5.14. The number of hydrogen-bond donors (Lipinski definition) is 1. The molecule has 18 heavy (non-hydrogen) atoms. The third-order valence-corrected chi connectivity index (χ3v) is 2.65. The van der Waals surface area contributed by atoms with Gasteiger partial charge in [0.2, 0.25) is 0 Å². The van der Waals surface area contributed by atoms with Crippen molar-refractivity contribution in [2.45, 2.75) is 13.8 Å². The zero-order valence-corrected chi connectivity index (χ0v) is 12.1. The van der Waals surface area contributed by atoms with E-state index in [4.69, 9.17) is 4.74 Å². The molecule has 0 spiro atoms. The lowest BCUT2D eigenvalue weighted by Gasteiger charge is -2.08. The molecule has 0 aliphatic rings. The van der Waals surface area contributed by atoms with Gasteiger partial charge in [0.05, 0.1) is 12.2 Å². The van der Waals surface area contributed by atoms with Gasteiger partial charge in [-0.15, -0.1) is 0 Å². The van der Waals surface area contributed by atoms with Crippen LogP contribution < -0.4 is 5.32 Å². The number of amides is 1. The number of nitrogens with one attached hydrogen (secondary N) is 1. The molecule has 3 nitrogen and oxygen atoms in total. The quantitative estimate of drug-likeness (QED) is 0.819. The molecule has 0 heterocycles. The summed E-state index contributed by atoms with van der Waals surface area (Å²) < 4.78 is 19.4. The van der Waals surface area contributed by atoms with E-state index in [-0.39, 0.29) is 5.56 Å². The summed E-state index contributed by atoms with van der Waals surface area (Å²) in [5.41, 5.74) is 0.0436. The van der Waals surface area contributed by atoms with Gasteiger partial charge < -0.3 is 10.1 Å². The first kappa shape index (κ1) is 15.1. The van der Waals surface area contributed by atoms with Crippen LogP contribution in [0.3, 0.4) is 0 Å². The maximum atomic E-state index is 13.5. The van der Waals surface area contributed by atoms with Crippen molar-refractivity contribution in [3.8, 4) is 0 Å². The fourth-order valence-corrected chi connectivity index (χ4v) is 1.66. The van der Waals surface area contributed by atoms with Crippen LogP contribution in [-0.4, -0.2) is 25.7 Å². The Hall–Kier alpha value is -0.940. The third-order valence-electron chi connectivity index (χ3n) is 2.16. The number of ether oxygens (including phenoxy) is 1. The van der Waals surface area contributed by atoms with E-state index in [1.807, 2.05) is 0 Å². The summed E-state index contributed by atoms with van der Waals surface area (Å²) in [6.07, 6.45) is 0. The lowest BCUT2D eigenvalue weighted by molar-refractivity contribution is 0.0883. The Balaban J connectivity index is 2.36. The molecule has 0 aliphatic heterocycles. The van der Waals surface area contributed by atoms with Crippen LogP contribution in [0.2, 0.25) is 0 Å². The van der Waals surface area contributed by atoms with E-state index >= 15 is 0 Å². The first-order chi connectivity index (χ1) is 8.50. The average molecular weight is 318 g/mol. The highest BCUT2D eigenvalue weighted by Gasteiger charge is 2.10. The van der Waals surface area contributed by atoms with Gasteiger partial charge in [-0.2, -0.15) is 0 Å². The van der Waals surface area contributed by atoms with Crippen molar-refractivity contribution in [1.29, 1.82) is 0 Å². The molecule has 0 aliphatic carbocycles. The molecule has 1 N–H and O–H groups in total. The molecule has 0 saturated heterocycles.